The second kappa shape index (κ2) is 7.33. The molecule has 1 amide bonds. The van der Waals surface area contributed by atoms with Crippen molar-refractivity contribution in [1.82, 2.24) is 5.43 Å². The zero-order valence-electron chi connectivity index (χ0n) is 13.0. The van der Waals surface area contributed by atoms with E-state index in [4.69, 9.17) is 0 Å². The third-order valence-electron chi connectivity index (χ3n) is 3.49. The van der Waals surface area contributed by atoms with Crippen molar-refractivity contribution < 1.29 is 25.6 Å². The summed E-state index contributed by atoms with van der Waals surface area (Å²) >= 11 is 0. The van der Waals surface area contributed by atoms with Gasteiger partial charge in [-0.25, -0.2) is 5.43 Å². The first-order chi connectivity index (χ1) is 11.5. The highest BCUT2D eigenvalue weighted by molar-refractivity contribution is 6.01. The molecule has 3 aromatic rings. The summed E-state index contributed by atoms with van der Waals surface area (Å²) in [6.07, 6.45) is 1.31. The Kier molecular flexibility index (Phi) is 5.21. The molecule has 0 fully saturated rings. The highest BCUT2D eigenvalue weighted by atomic mass is 16.3. The monoisotopic (exact) mass is 340 g/mol. The first kappa shape index (κ1) is 17.8. The smallest absolute Gasteiger partial charge is 0.275 e. The molecule has 0 saturated heterocycles. The molecule has 6 N–H and O–H groups in total. The largest absolute Gasteiger partial charge is 0.507 e. The van der Waals surface area contributed by atoms with E-state index in [2.05, 4.69) is 10.5 Å². The number of hydrogen-bond donors (Lipinski definition) is 4. The summed E-state index contributed by atoms with van der Waals surface area (Å²) in [7, 11) is 0. The average Bonchev–Trinajstić information content (AvgIpc) is 2.57. The van der Waals surface area contributed by atoms with Crippen LogP contribution in [0.1, 0.15) is 15.9 Å². The number of nitrogens with zero attached hydrogens (tertiary/aromatic N) is 1. The molecule has 0 aromatic heterocycles. The van der Waals surface area contributed by atoms with Crippen molar-refractivity contribution in [3.05, 3.63) is 65.7 Å². The van der Waals surface area contributed by atoms with E-state index in [9.17, 15) is 20.1 Å². The molecule has 0 unspecified atom stereocenters. The molecule has 7 heteroatoms. The Bertz CT molecular complexity index is 953. The number of hydrogen-bond acceptors (Lipinski definition) is 5. The van der Waals surface area contributed by atoms with Crippen LogP contribution in [0.2, 0.25) is 0 Å². The molecule has 7 nitrogen and oxygen atoms in total. The van der Waals surface area contributed by atoms with E-state index >= 15 is 0 Å². The van der Waals surface area contributed by atoms with Gasteiger partial charge in [-0.1, -0.05) is 24.3 Å². The van der Waals surface area contributed by atoms with Crippen molar-refractivity contribution in [1.29, 1.82) is 0 Å². The van der Waals surface area contributed by atoms with Crippen LogP contribution in [0.15, 0.2) is 59.7 Å². The zero-order chi connectivity index (χ0) is 17.1. The van der Waals surface area contributed by atoms with Crippen molar-refractivity contribution in [2.24, 2.45) is 5.10 Å². The number of carbonyl (C=O) groups is 1. The van der Waals surface area contributed by atoms with Gasteiger partial charge in [-0.15, -0.1) is 0 Å². The zero-order valence-corrected chi connectivity index (χ0v) is 13.0. The number of benzene rings is 3. The summed E-state index contributed by atoms with van der Waals surface area (Å²) in [5.74, 6) is -1.21. The number of fused-ring (bicyclic) bond motifs is 1. The second-order valence-electron chi connectivity index (χ2n) is 5.16. The third-order valence-corrected chi connectivity index (χ3v) is 3.49. The second-order valence-corrected chi connectivity index (χ2v) is 5.16. The molecule has 0 aliphatic rings. The molecule has 3 rings (SSSR count). The molecule has 0 spiro atoms. The predicted octanol–water partition coefficient (Wildman–Crippen LogP) is 1.90. The minimum Gasteiger partial charge on any atom is -0.507 e. The molecule has 0 radical (unpaired) electrons. The maximum Gasteiger partial charge on any atom is 0.275 e. The number of amides is 1. The van der Waals surface area contributed by atoms with Crippen LogP contribution < -0.4 is 5.43 Å². The van der Waals surface area contributed by atoms with E-state index in [1.54, 1.807) is 6.07 Å². The Labute approximate surface area is 142 Å². The molecule has 3 aromatic carbocycles. The maximum atomic E-state index is 12.1. The fourth-order valence-corrected chi connectivity index (χ4v) is 2.26. The highest BCUT2D eigenvalue weighted by Crippen LogP contribution is 2.25. The van der Waals surface area contributed by atoms with Gasteiger partial charge in [0.25, 0.3) is 5.91 Å². The van der Waals surface area contributed by atoms with E-state index in [0.29, 0.717) is 5.56 Å². The molecule has 128 valence electrons. The van der Waals surface area contributed by atoms with Crippen molar-refractivity contribution in [2.45, 2.75) is 0 Å². The first-order valence-corrected chi connectivity index (χ1v) is 7.12. The van der Waals surface area contributed by atoms with Crippen LogP contribution >= 0.6 is 0 Å². The maximum absolute atomic E-state index is 12.1. The predicted molar refractivity (Wildman–Crippen MR) is 94.1 cm³/mol. The molecule has 0 bridgehead atoms. The van der Waals surface area contributed by atoms with Gasteiger partial charge in [-0.05, 0) is 46.7 Å². The number of hydrazone groups is 1. The van der Waals surface area contributed by atoms with Crippen LogP contribution in [-0.2, 0) is 0 Å². The minimum absolute atomic E-state index is 0. The molecular formula is C18H16N2O5. The third kappa shape index (κ3) is 3.85. The number of nitrogens with one attached hydrogen (secondary N) is 1. The van der Waals surface area contributed by atoms with Gasteiger partial charge >= 0.3 is 0 Å². The Morgan fingerprint density at radius 1 is 0.880 bits per heavy atom. The number of carbonyl (C=O) groups excluding carboxylic acids is 1. The van der Waals surface area contributed by atoms with Crippen molar-refractivity contribution in [3.8, 4) is 17.2 Å². The van der Waals surface area contributed by atoms with Crippen LogP contribution in [0, 0.1) is 0 Å². The van der Waals surface area contributed by atoms with Gasteiger partial charge in [-0.2, -0.15) is 5.10 Å². The summed E-state index contributed by atoms with van der Waals surface area (Å²) in [4.78, 5) is 12.1. The molecule has 0 saturated carbocycles. The molecule has 25 heavy (non-hydrogen) atoms. The van der Waals surface area contributed by atoms with Gasteiger partial charge in [0, 0.05) is 0 Å². The Balaban J connectivity index is 0.00000225. The summed E-state index contributed by atoms with van der Waals surface area (Å²) in [5, 5.41) is 34.0. The molecule has 0 aliphatic carbocycles. The lowest BCUT2D eigenvalue weighted by atomic mass is 10.1. The van der Waals surface area contributed by atoms with E-state index in [1.807, 2.05) is 24.3 Å². The normalized spacial score (nSPS) is 10.6. The summed E-state index contributed by atoms with van der Waals surface area (Å²) in [5.41, 5.74) is 2.92. The minimum atomic E-state index is -0.558. The fraction of sp³-hybridized carbons (Fsp3) is 0. The first-order valence-electron chi connectivity index (χ1n) is 7.12. The van der Waals surface area contributed by atoms with E-state index < -0.39 is 5.91 Å². The van der Waals surface area contributed by atoms with Gasteiger partial charge in [-0.3, -0.25) is 4.79 Å². The van der Waals surface area contributed by atoms with Gasteiger partial charge in [0.1, 0.15) is 5.75 Å². The highest BCUT2D eigenvalue weighted by Gasteiger charge is 2.11. The van der Waals surface area contributed by atoms with Gasteiger partial charge in [0.05, 0.1) is 11.8 Å². The van der Waals surface area contributed by atoms with Crippen LogP contribution in [-0.4, -0.2) is 32.9 Å². The van der Waals surface area contributed by atoms with Crippen LogP contribution in [0.3, 0.4) is 0 Å². The molecular weight excluding hydrogens is 324 g/mol. The topological polar surface area (TPSA) is 134 Å². The SMILES string of the molecule is O.O=C(N/N=C/c1ccc(O)c(O)c1)c1cc2ccccc2cc1O. The van der Waals surface area contributed by atoms with E-state index in [1.165, 1.54) is 30.5 Å². The Hall–Kier alpha value is -3.58. The Morgan fingerprint density at radius 3 is 2.24 bits per heavy atom. The molecule has 0 aliphatic heterocycles. The average molecular weight is 340 g/mol. The lowest BCUT2D eigenvalue weighted by molar-refractivity contribution is 0.0952. The van der Waals surface area contributed by atoms with Gasteiger partial charge < -0.3 is 20.8 Å². The summed E-state index contributed by atoms with van der Waals surface area (Å²) < 4.78 is 0. The fourth-order valence-electron chi connectivity index (χ4n) is 2.26. The van der Waals surface area contributed by atoms with Gasteiger partial charge in [0.15, 0.2) is 11.5 Å². The van der Waals surface area contributed by atoms with Crippen LogP contribution in [0.5, 0.6) is 17.2 Å². The summed E-state index contributed by atoms with van der Waals surface area (Å²) in [6.45, 7) is 0. The van der Waals surface area contributed by atoms with E-state index in [-0.39, 0.29) is 28.3 Å². The number of rotatable bonds is 3. The number of phenols is 3. The lowest BCUT2D eigenvalue weighted by Gasteiger charge is -2.05. The number of aromatic hydroxyl groups is 3. The Morgan fingerprint density at radius 2 is 1.56 bits per heavy atom. The van der Waals surface area contributed by atoms with Crippen LogP contribution in [0.4, 0.5) is 0 Å². The summed E-state index contributed by atoms with van der Waals surface area (Å²) in [6, 6.07) is 14.6. The van der Waals surface area contributed by atoms with Gasteiger partial charge in [0.2, 0.25) is 0 Å². The van der Waals surface area contributed by atoms with E-state index in [0.717, 1.165) is 10.8 Å². The van der Waals surface area contributed by atoms with Crippen molar-refractivity contribution in [2.75, 3.05) is 0 Å². The van der Waals surface area contributed by atoms with Crippen molar-refractivity contribution in [3.63, 3.8) is 0 Å². The van der Waals surface area contributed by atoms with Crippen LogP contribution in [0.25, 0.3) is 10.8 Å². The molecule has 0 atom stereocenters. The lowest BCUT2D eigenvalue weighted by Crippen LogP contribution is -2.17. The molecule has 0 heterocycles. The van der Waals surface area contributed by atoms with Crippen molar-refractivity contribution >= 4 is 22.9 Å². The standard InChI is InChI=1S/C18H14N2O4.H2O/c21-15-6-5-11(7-17(15)23)10-19-20-18(24)14-8-12-3-1-2-4-13(12)9-16(14)22;/h1-10,21-23H,(H,20,24);1H2/b19-10+;. The number of phenolic OH excluding ortho intramolecular Hbond substituents is 3. The quantitative estimate of drug-likeness (QED) is 0.329.